The maximum absolute atomic E-state index is 12.8. The predicted octanol–water partition coefficient (Wildman–Crippen LogP) is 3.13. The summed E-state index contributed by atoms with van der Waals surface area (Å²) in [6.45, 7) is 0.0824. The lowest BCUT2D eigenvalue weighted by Crippen LogP contribution is -2.22. The first kappa shape index (κ1) is 17.4. The summed E-state index contributed by atoms with van der Waals surface area (Å²) in [6, 6.07) is 11.0. The Labute approximate surface area is 163 Å². The molecule has 4 rings (SSSR count). The second-order valence-corrected chi connectivity index (χ2v) is 7.08. The monoisotopic (exact) mass is 396 g/mol. The first-order chi connectivity index (χ1) is 13.1. The van der Waals surface area contributed by atoms with Crippen LogP contribution < -0.4 is 19.6 Å². The molecule has 0 unspecified atom stereocenters. The third-order valence-corrected chi connectivity index (χ3v) is 5.24. The second kappa shape index (κ2) is 6.95. The van der Waals surface area contributed by atoms with Crippen LogP contribution in [0.3, 0.4) is 0 Å². The van der Waals surface area contributed by atoms with E-state index in [2.05, 4.69) is 10.9 Å². The summed E-state index contributed by atoms with van der Waals surface area (Å²) in [7, 11) is 1.52. The Morgan fingerprint density at radius 2 is 2.19 bits per heavy atom. The zero-order valence-electron chi connectivity index (χ0n) is 14.2. The molecular formula is C20H13ClN2O3S. The van der Waals surface area contributed by atoms with Gasteiger partial charge in [0.05, 0.1) is 27.7 Å². The van der Waals surface area contributed by atoms with E-state index in [0.29, 0.717) is 26.0 Å². The molecule has 0 saturated carbocycles. The van der Waals surface area contributed by atoms with Gasteiger partial charge in [0.1, 0.15) is 6.61 Å². The summed E-state index contributed by atoms with van der Waals surface area (Å²) in [6.07, 6.45) is 6.99. The zero-order chi connectivity index (χ0) is 19.0. The van der Waals surface area contributed by atoms with Crippen LogP contribution in [0.4, 0.5) is 0 Å². The first-order valence-corrected chi connectivity index (χ1v) is 9.17. The molecule has 2 aromatic carbocycles. The number of nitrogens with zero attached hydrogens (tertiary/aromatic N) is 2. The van der Waals surface area contributed by atoms with Gasteiger partial charge >= 0.3 is 0 Å². The van der Waals surface area contributed by atoms with E-state index >= 15 is 0 Å². The molecule has 0 radical (unpaired) electrons. The maximum atomic E-state index is 12.8. The van der Waals surface area contributed by atoms with Gasteiger partial charge in [-0.25, -0.2) is 9.38 Å². The molecule has 0 spiro atoms. The molecule has 134 valence electrons. The van der Waals surface area contributed by atoms with Crippen molar-refractivity contribution in [2.75, 3.05) is 13.7 Å². The normalized spacial score (nSPS) is 11.8. The highest BCUT2D eigenvalue weighted by Crippen LogP contribution is 2.36. The van der Waals surface area contributed by atoms with Gasteiger partial charge in [0.25, 0.3) is 5.56 Å². The number of halogens is 1. The van der Waals surface area contributed by atoms with Crippen molar-refractivity contribution in [2.45, 2.75) is 0 Å². The highest BCUT2D eigenvalue weighted by atomic mass is 35.5. The average molecular weight is 397 g/mol. The Kier molecular flexibility index (Phi) is 4.48. The Balaban J connectivity index is 1.86. The van der Waals surface area contributed by atoms with Crippen molar-refractivity contribution in [3.05, 3.63) is 61.9 Å². The summed E-state index contributed by atoms with van der Waals surface area (Å²) in [5.41, 5.74) is 2.19. The van der Waals surface area contributed by atoms with Crippen LogP contribution in [0, 0.1) is 12.3 Å². The second-order valence-electron chi connectivity index (χ2n) is 5.66. The zero-order valence-corrected chi connectivity index (χ0v) is 15.8. The van der Waals surface area contributed by atoms with Crippen LogP contribution in [0.5, 0.6) is 11.5 Å². The van der Waals surface area contributed by atoms with Crippen LogP contribution >= 0.6 is 22.9 Å². The molecule has 0 bridgehead atoms. The van der Waals surface area contributed by atoms with E-state index in [1.54, 1.807) is 22.6 Å². The van der Waals surface area contributed by atoms with Crippen molar-refractivity contribution in [2.24, 2.45) is 0 Å². The molecule has 0 atom stereocenters. The van der Waals surface area contributed by atoms with Crippen molar-refractivity contribution in [1.82, 2.24) is 9.38 Å². The predicted molar refractivity (Wildman–Crippen MR) is 108 cm³/mol. The summed E-state index contributed by atoms with van der Waals surface area (Å²) in [5, 5.41) is 0.357. The molecule has 2 heterocycles. The quantitative estimate of drug-likeness (QED) is 0.497. The molecule has 0 aliphatic rings. The van der Waals surface area contributed by atoms with Crippen LogP contribution in [0.2, 0.25) is 5.02 Å². The number of terminal acetylenes is 1. The summed E-state index contributed by atoms with van der Waals surface area (Å²) in [4.78, 5) is 18.0. The average Bonchev–Trinajstić information content (AvgIpc) is 3.17. The fraction of sp³-hybridized carbons (Fsp3) is 0.100. The summed E-state index contributed by atoms with van der Waals surface area (Å²) < 4.78 is 13.0. The Morgan fingerprint density at radius 1 is 1.37 bits per heavy atom. The van der Waals surface area contributed by atoms with Gasteiger partial charge in [0.2, 0.25) is 0 Å². The van der Waals surface area contributed by atoms with Gasteiger partial charge in [-0.1, -0.05) is 41.0 Å². The molecule has 0 aliphatic carbocycles. The SMILES string of the molecule is C#CCOc1c(Cl)cc(C=c2sc3nc4ccccc4n3c2=O)cc1OC. The number of methoxy groups -OCH3 is 1. The van der Waals surface area contributed by atoms with Crippen molar-refractivity contribution in [3.63, 3.8) is 0 Å². The maximum Gasteiger partial charge on any atom is 0.274 e. The molecule has 0 N–H and O–H groups in total. The highest BCUT2D eigenvalue weighted by Gasteiger charge is 2.13. The van der Waals surface area contributed by atoms with E-state index in [1.807, 2.05) is 24.3 Å². The smallest absolute Gasteiger partial charge is 0.274 e. The fourth-order valence-electron chi connectivity index (χ4n) is 2.84. The van der Waals surface area contributed by atoms with Crippen molar-refractivity contribution >= 4 is 45.0 Å². The molecular weight excluding hydrogens is 384 g/mol. The topological polar surface area (TPSA) is 52.8 Å². The van der Waals surface area contributed by atoms with E-state index in [1.165, 1.54) is 18.4 Å². The van der Waals surface area contributed by atoms with E-state index < -0.39 is 0 Å². The Bertz CT molecular complexity index is 1320. The molecule has 0 fully saturated rings. The van der Waals surface area contributed by atoms with Crippen molar-refractivity contribution < 1.29 is 9.47 Å². The molecule has 4 aromatic rings. The number of thiazole rings is 1. The van der Waals surface area contributed by atoms with E-state index in [4.69, 9.17) is 27.5 Å². The highest BCUT2D eigenvalue weighted by molar-refractivity contribution is 7.15. The van der Waals surface area contributed by atoms with Crippen LogP contribution in [0.15, 0.2) is 41.2 Å². The largest absolute Gasteiger partial charge is 0.493 e. The van der Waals surface area contributed by atoms with Gasteiger partial charge in [-0.05, 0) is 35.9 Å². The number of rotatable bonds is 4. The van der Waals surface area contributed by atoms with Gasteiger partial charge in [-0.3, -0.25) is 4.79 Å². The van der Waals surface area contributed by atoms with Gasteiger partial charge in [0, 0.05) is 0 Å². The first-order valence-electron chi connectivity index (χ1n) is 7.98. The minimum Gasteiger partial charge on any atom is -0.493 e. The summed E-state index contributed by atoms with van der Waals surface area (Å²) >= 11 is 7.63. The van der Waals surface area contributed by atoms with E-state index in [-0.39, 0.29) is 12.2 Å². The molecule has 27 heavy (non-hydrogen) atoms. The number of imidazole rings is 1. The van der Waals surface area contributed by atoms with Gasteiger partial charge in [-0.2, -0.15) is 0 Å². The number of aromatic nitrogens is 2. The van der Waals surface area contributed by atoms with Gasteiger partial charge in [-0.15, -0.1) is 6.42 Å². The van der Waals surface area contributed by atoms with Crippen molar-refractivity contribution in [1.29, 1.82) is 0 Å². The van der Waals surface area contributed by atoms with Crippen LogP contribution in [-0.4, -0.2) is 23.1 Å². The Hall–Kier alpha value is -3.01. The lowest BCUT2D eigenvalue weighted by atomic mass is 10.2. The van der Waals surface area contributed by atoms with Gasteiger partial charge < -0.3 is 9.47 Å². The third-order valence-electron chi connectivity index (χ3n) is 3.99. The number of benzene rings is 2. The van der Waals surface area contributed by atoms with Crippen LogP contribution in [0.1, 0.15) is 5.56 Å². The van der Waals surface area contributed by atoms with E-state index in [0.717, 1.165) is 16.6 Å². The van der Waals surface area contributed by atoms with E-state index in [9.17, 15) is 4.79 Å². The number of para-hydroxylation sites is 2. The molecule has 5 nitrogen and oxygen atoms in total. The molecule has 0 aliphatic heterocycles. The lowest BCUT2D eigenvalue weighted by Gasteiger charge is -2.11. The molecule has 0 saturated heterocycles. The molecule has 7 heteroatoms. The molecule has 0 amide bonds. The standard InChI is InChI=1S/C20H13ClN2O3S/c1-3-8-26-18-13(21)9-12(10-16(18)25-2)11-17-19(24)23-15-7-5-4-6-14(15)22-20(23)27-17/h1,4-7,9-11H,8H2,2H3. The number of hydrogen-bond donors (Lipinski definition) is 0. The minimum absolute atomic E-state index is 0.0824. The van der Waals surface area contributed by atoms with Crippen molar-refractivity contribution in [3.8, 4) is 23.8 Å². The number of fused-ring (bicyclic) bond motifs is 3. The Morgan fingerprint density at radius 3 is 2.96 bits per heavy atom. The summed E-state index contributed by atoms with van der Waals surface area (Å²) in [5.74, 6) is 3.22. The number of ether oxygens (including phenoxy) is 2. The minimum atomic E-state index is -0.119. The number of hydrogen-bond acceptors (Lipinski definition) is 5. The van der Waals surface area contributed by atoms with Crippen LogP contribution in [0.25, 0.3) is 22.1 Å². The lowest BCUT2D eigenvalue weighted by molar-refractivity contribution is 0.331. The third kappa shape index (κ3) is 3.01. The van der Waals surface area contributed by atoms with Gasteiger partial charge in [0.15, 0.2) is 16.5 Å². The van der Waals surface area contributed by atoms with Crippen LogP contribution in [-0.2, 0) is 0 Å². The fourth-order valence-corrected chi connectivity index (χ4v) is 4.10. The molecule has 2 aromatic heterocycles.